The molecule has 2 heterocycles. The molecule has 1 N–H and O–H groups in total. The molecule has 0 saturated carbocycles. The topological polar surface area (TPSA) is 79.0 Å². The number of rotatable bonds is 2. The number of nitrogens with zero attached hydrogens (tertiary/aromatic N) is 2. The van der Waals surface area contributed by atoms with Gasteiger partial charge >= 0.3 is 0 Å². The number of carbonyl (C=O) groups is 3. The number of carbonyl (C=O) groups excluding carboxylic acids is 3. The fraction of sp³-hybridized carbons (Fsp3) is 0.286. The molecule has 7 nitrogen and oxygen atoms in total. The zero-order valence-corrected chi connectivity index (χ0v) is 16.8. The van der Waals surface area contributed by atoms with Gasteiger partial charge in [-0.2, -0.15) is 0 Å². The van der Waals surface area contributed by atoms with E-state index >= 15 is 0 Å². The summed E-state index contributed by atoms with van der Waals surface area (Å²) >= 11 is 6.15. The summed E-state index contributed by atoms with van der Waals surface area (Å²) in [7, 11) is 1.57. The van der Waals surface area contributed by atoms with Gasteiger partial charge in [0.1, 0.15) is 11.8 Å². The number of hydrogen-bond acceptors (Lipinski definition) is 4. The molecule has 2 aromatic rings. The summed E-state index contributed by atoms with van der Waals surface area (Å²) < 4.78 is 5.43. The quantitative estimate of drug-likeness (QED) is 0.820. The van der Waals surface area contributed by atoms with Crippen molar-refractivity contribution in [1.29, 1.82) is 0 Å². The van der Waals surface area contributed by atoms with Gasteiger partial charge in [0, 0.05) is 30.6 Å². The zero-order valence-electron chi connectivity index (χ0n) is 16.1. The molecule has 1 saturated heterocycles. The monoisotopic (exact) mass is 413 g/mol. The summed E-state index contributed by atoms with van der Waals surface area (Å²) in [5.41, 5.74) is 2.36. The first-order chi connectivity index (χ1) is 13.9. The third-order valence-electron chi connectivity index (χ3n) is 5.37. The number of methoxy groups -OCH3 is 1. The molecule has 1 atom stereocenters. The molecular formula is C21H20ClN3O4. The first-order valence-electron chi connectivity index (χ1n) is 9.24. The fourth-order valence-corrected chi connectivity index (χ4v) is 3.98. The van der Waals surface area contributed by atoms with E-state index in [1.165, 1.54) is 6.92 Å². The molecule has 0 aliphatic carbocycles. The van der Waals surface area contributed by atoms with Crippen LogP contribution in [0.4, 0.5) is 5.69 Å². The number of hydrogen-bond donors (Lipinski definition) is 1. The summed E-state index contributed by atoms with van der Waals surface area (Å²) in [6.07, 6.45) is 0. The van der Waals surface area contributed by atoms with Gasteiger partial charge in [0.15, 0.2) is 0 Å². The van der Waals surface area contributed by atoms with E-state index in [1.54, 1.807) is 47.2 Å². The molecule has 2 aliphatic rings. The fourth-order valence-electron chi connectivity index (χ4n) is 3.81. The minimum Gasteiger partial charge on any atom is -0.496 e. The molecular weight excluding hydrogens is 394 g/mol. The van der Waals surface area contributed by atoms with E-state index in [0.717, 1.165) is 11.1 Å². The molecule has 3 amide bonds. The maximum Gasteiger partial charge on any atom is 0.256 e. The van der Waals surface area contributed by atoms with Gasteiger partial charge in [0.05, 0.1) is 24.9 Å². The van der Waals surface area contributed by atoms with Crippen molar-refractivity contribution in [2.75, 3.05) is 32.1 Å². The third kappa shape index (κ3) is 3.42. The van der Waals surface area contributed by atoms with Gasteiger partial charge in [-0.3, -0.25) is 14.4 Å². The Kier molecular flexibility index (Phi) is 4.92. The SMILES string of the molecule is COc1ccc(Cl)cc1-c1ccc2c(c1)C(=O)N1CCN(C(C)=O)CC1C(=O)N2. The largest absolute Gasteiger partial charge is 0.496 e. The highest BCUT2D eigenvalue weighted by atomic mass is 35.5. The molecule has 2 aliphatic heterocycles. The summed E-state index contributed by atoms with van der Waals surface area (Å²) in [5.74, 6) is -0.0139. The highest BCUT2D eigenvalue weighted by Gasteiger charge is 2.39. The molecule has 1 unspecified atom stereocenters. The molecule has 0 radical (unpaired) electrons. The van der Waals surface area contributed by atoms with E-state index in [-0.39, 0.29) is 24.3 Å². The second-order valence-electron chi connectivity index (χ2n) is 7.07. The maximum atomic E-state index is 13.3. The van der Waals surface area contributed by atoms with Gasteiger partial charge in [0.2, 0.25) is 11.8 Å². The number of ether oxygens (including phenoxy) is 1. The van der Waals surface area contributed by atoms with Crippen LogP contribution in [-0.4, -0.2) is 60.3 Å². The number of piperazine rings is 1. The molecule has 8 heteroatoms. The van der Waals surface area contributed by atoms with Crippen LogP contribution >= 0.6 is 11.6 Å². The molecule has 29 heavy (non-hydrogen) atoms. The van der Waals surface area contributed by atoms with Gasteiger partial charge in [-0.1, -0.05) is 17.7 Å². The van der Waals surface area contributed by atoms with E-state index < -0.39 is 6.04 Å². The van der Waals surface area contributed by atoms with Gasteiger partial charge in [-0.25, -0.2) is 0 Å². The summed E-state index contributed by atoms with van der Waals surface area (Å²) in [5, 5.41) is 3.39. The number of amides is 3. The molecule has 1 fully saturated rings. The van der Waals surface area contributed by atoms with Crippen molar-refractivity contribution in [1.82, 2.24) is 9.80 Å². The number of anilines is 1. The number of nitrogens with one attached hydrogen (secondary N) is 1. The first kappa shape index (κ1) is 19.3. The van der Waals surface area contributed by atoms with Crippen LogP contribution in [-0.2, 0) is 9.59 Å². The van der Waals surface area contributed by atoms with Crippen molar-refractivity contribution in [3.05, 3.63) is 47.0 Å². The Labute approximate surface area is 173 Å². The van der Waals surface area contributed by atoms with Crippen LogP contribution < -0.4 is 10.1 Å². The minimum atomic E-state index is -0.711. The lowest BCUT2D eigenvalue weighted by Gasteiger charge is -2.38. The van der Waals surface area contributed by atoms with Crippen molar-refractivity contribution in [3.8, 4) is 16.9 Å². The lowest BCUT2D eigenvalue weighted by atomic mass is 10.00. The molecule has 0 bridgehead atoms. The Morgan fingerprint density at radius 2 is 1.93 bits per heavy atom. The van der Waals surface area contributed by atoms with Crippen LogP contribution in [0.3, 0.4) is 0 Å². The summed E-state index contributed by atoms with van der Waals surface area (Å²) in [6, 6.07) is 9.83. The number of benzene rings is 2. The van der Waals surface area contributed by atoms with E-state index in [0.29, 0.717) is 35.1 Å². The maximum absolute atomic E-state index is 13.3. The molecule has 0 spiro atoms. The lowest BCUT2D eigenvalue weighted by molar-refractivity contribution is -0.133. The average Bonchev–Trinajstić information content (AvgIpc) is 2.82. The van der Waals surface area contributed by atoms with Gasteiger partial charge < -0.3 is 19.9 Å². The molecule has 0 aromatic heterocycles. The minimum absolute atomic E-state index is 0.109. The van der Waals surface area contributed by atoms with Crippen molar-refractivity contribution in [3.63, 3.8) is 0 Å². The summed E-state index contributed by atoms with van der Waals surface area (Å²) in [4.78, 5) is 40.9. The van der Waals surface area contributed by atoms with Crippen molar-refractivity contribution >= 4 is 35.0 Å². The standard InChI is InChI=1S/C21H20ClN3O4/c1-12(26)24-7-8-25-18(11-24)20(27)23-17-5-3-13(9-16(17)21(25)28)15-10-14(22)4-6-19(15)29-2/h3-6,9-10,18H,7-8,11H2,1-2H3,(H,23,27). The van der Waals surface area contributed by atoms with Gasteiger partial charge in [0.25, 0.3) is 5.91 Å². The average molecular weight is 414 g/mol. The van der Waals surface area contributed by atoms with Gasteiger partial charge in [-0.15, -0.1) is 0 Å². The van der Waals surface area contributed by atoms with E-state index in [2.05, 4.69) is 5.32 Å². The predicted molar refractivity (Wildman–Crippen MR) is 109 cm³/mol. The van der Waals surface area contributed by atoms with Crippen LogP contribution in [0.5, 0.6) is 5.75 Å². The normalized spacial score (nSPS) is 18.5. The van der Waals surface area contributed by atoms with Crippen molar-refractivity contribution < 1.29 is 19.1 Å². The second-order valence-corrected chi connectivity index (χ2v) is 7.51. The highest BCUT2D eigenvalue weighted by molar-refractivity contribution is 6.31. The van der Waals surface area contributed by atoms with E-state index in [1.807, 2.05) is 6.07 Å². The predicted octanol–water partition coefficient (Wildman–Crippen LogP) is 2.64. The van der Waals surface area contributed by atoms with E-state index in [4.69, 9.17) is 16.3 Å². The van der Waals surface area contributed by atoms with E-state index in [9.17, 15) is 14.4 Å². The Morgan fingerprint density at radius 1 is 1.14 bits per heavy atom. The second kappa shape index (κ2) is 7.40. The Balaban J connectivity index is 1.75. The van der Waals surface area contributed by atoms with Crippen molar-refractivity contribution in [2.24, 2.45) is 0 Å². The first-order valence-corrected chi connectivity index (χ1v) is 9.62. The Morgan fingerprint density at radius 3 is 2.66 bits per heavy atom. The number of fused-ring (bicyclic) bond motifs is 2. The number of halogens is 1. The van der Waals surface area contributed by atoms with Crippen LogP contribution in [0, 0.1) is 0 Å². The Bertz CT molecular complexity index is 1020. The lowest BCUT2D eigenvalue weighted by Crippen LogP contribution is -2.59. The molecule has 4 rings (SSSR count). The smallest absolute Gasteiger partial charge is 0.256 e. The molecule has 150 valence electrons. The van der Waals surface area contributed by atoms with Crippen LogP contribution in [0.2, 0.25) is 5.02 Å². The van der Waals surface area contributed by atoms with Crippen LogP contribution in [0.15, 0.2) is 36.4 Å². The van der Waals surface area contributed by atoms with Crippen molar-refractivity contribution in [2.45, 2.75) is 13.0 Å². The van der Waals surface area contributed by atoms with Crippen LogP contribution in [0.1, 0.15) is 17.3 Å². The Hall–Kier alpha value is -3.06. The van der Waals surface area contributed by atoms with Crippen LogP contribution in [0.25, 0.3) is 11.1 Å². The molecule has 2 aromatic carbocycles. The highest BCUT2D eigenvalue weighted by Crippen LogP contribution is 2.36. The third-order valence-corrected chi connectivity index (χ3v) is 5.60. The van der Waals surface area contributed by atoms with Gasteiger partial charge in [-0.05, 0) is 35.9 Å². The zero-order chi connectivity index (χ0) is 20.7. The summed E-state index contributed by atoms with van der Waals surface area (Å²) in [6.45, 7) is 2.37.